The van der Waals surface area contributed by atoms with Gasteiger partial charge in [-0.3, -0.25) is 0 Å². The summed E-state index contributed by atoms with van der Waals surface area (Å²) in [6.07, 6.45) is 9.36. The number of rotatable bonds is 10. The number of benzene rings is 1. The third kappa shape index (κ3) is 4.95. The highest BCUT2D eigenvalue weighted by molar-refractivity contribution is 7.89. The largest absolute Gasteiger partial charge is 0.344 e. The fourth-order valence-corrected chi connectivity index (χ4v) is 4.37. The molecule has 0 bridgehead atoms. The van der Waals surface area contributed by atoms with Crippen molar-refractivity contribution in [2.24, 2.45) is 0 Å². The lowest BCUT2D eigenvalue weighted by Gasteiger charge is -2.18. The molecule has 0 amide bonds. The minimum atomic E-state index is -3.56. The van der Waals surface area contributed by atoms with Gasteiger partial charge in [0.1, 0.15) is 5.82 Å². The summed E-state index contributed by atoms with van der Waals surface area (Å²) in [6.45, 7) is 4.12. The van der Waals surface area contributed by atoms with Crippen LogP contribution in [-0.2, 0) is 10.0 Å². The summed E-state index contributed by atoms with van der Waals surface area (Å²) in [5, 5.41) is 0. The second-order valence-corrected chi connectivity index (χ2v) is 9.05. The van der Waals surface area contributed by atoms with Gasteiger partial charge in [0.15, 0.2) is 0 Å². The zero-order chi connectivity index (χ0) is 18.6. The molecule has 142 valence electrons. The summed E-state index contributed by atoms with van der Waals surface area (Å²) in [5.41, 5.74) is 1.92. The number of aromatic amines is 1. The molecule has 1 heterocycles. The predicted octanol–water partition coefficient (Wildman–Crippen LogP) is 4.59. The molecule has 3 rings (SSSR count). The average Bonchev–Trinajstić information content (AvgIpc) is 3.35. The molecular weight excluding hydrogens is 346 g/mol. The number of aryl methyl sites for hydroxylation is 1. The highest BCUT2D eigenvalue weighted by atomic mass is 32.2. The van der Waals surface area contributed by atoms with Crippen LogP contribution in [0.4, 0.5) is 0 Å². The molecule has 1 aliphatic rings. The van der Waals surface area contributed by atoms with Crippen molar-refractivity contribution in [3.05, 3.63) is 47.5 Å². The van der Waals surface area contributed by atoms with Crippen LogP contribution in [-0.4, -0.2) is 18.4 Å². The van der Waals surface area contributed by atoms with Crippen molar-refractivity contribution in [3.8, 4) is 0 Å². The predicted molar refractivity (Wildman–Crippen MR) is 104 cm³/mol. The quantitative estimate of drug-likeness (QED) is 0.597. The SMILES string of the molecule is CCCCCC[C@@H](NS(=O)(=O)c1ccc(C)cc1)c1cnc(C2CC2)[nH]1. The fraction of sp³-hybridized carbons (Fsp3) is 0.550. The van der Waals surface area contributed by atoms with Crippen LogP contribution in [0.1, 0.15) is 80.9 Å². The van der Waals surface area contributed by atoms with E-state index in [-0.39, 0.29) is 6.04 Å². The Labute approximate surface area is 156 Å². The first kappa shape index (κ1) is 19.1. The van der Waals surface area contributed by atoms with E-state index < -0.39 is 10.0 Å². The van der Waals surface area contributed by atoms with Crippen LogP contribution in [0.25, 0.3) is 0 Å². The van der Waals surface area contributed by atoms with E-state index in [9.17, 15) is 8.42 Å². The van der Waals surface area contributed by atoms with Crippen LogP contribution in [0.15, 0.2) is 35.4 Å². The second-order valence-electron chi connectivity index (χ2n) is 7.33. The first-order valence-corrected chi connectivity index (χ1v) is 11.1. The Morgan fingerprint density at radius 1 is 1.19 bits per heavy atom. The van der Waals surface area contributed by atoms with Gasteiger partial charge in [-0.15, -0.1) is 0 Å². The molecule has 1 aromatic carbocycles. The molecule has 2 N–H and O–H groups in total. The van der Waals surface area contributed by atoms with Crippen molar-refractivity contribution in [1.82, 2.24) is 14.7 Å². The molecule has 0 spiro atoms. The summed E-state index contributed by atoms with van der Waals surface area (Å²) in [6, 6.07) is 6.71. The van der Waals surface area contributed by atoms with Gasteiger partial charge in [0.2, 0.25) is 10.0 Å². The van der Waals surface area contributed by atoms with Gasteiger partial charge in [0.25, 0.3) is 0 Å². The normalized spacial score (nSPS) is 15.9. The zero-order valence-corrected chi connectivity index (χ0v) is 16.5. The summed E-state index contributed by atoms with van der Waals surface area (Å²) in [7, 11) is -3.56. The molecule has 0 radical (unpaired) electrons. The Balaban J connectivity index is 1.75. The first-order valence-electron chi connectivity index (χ1n) is 9.63. The van der Waals surface area contributed by atoms with Gasteiger partial charge in [-0.2, -0.15) is 0 Å². The van der Waals surface area contributed by atoms with E-state index in [4.69, 9.17) is 0 Å². The minimum Gasteiger partial charge on any atom is -0.344 e. The van der Waals surface area contributed by atoms with Crippen LogP contribution in [0.5, 0.6) is 0 Å². The van der Waals surface area contributed by atoms with Gasteiger partial charge in [0.05, 0.1) is 16.6 Å². The van der Waals surface area contributed by atoms with Crippen molar-refractivity contribution in [1.29, 1.82) is 0 Å². The maximum absolute atomic E-state index is 12.8. The van der Waals surface area contributed by atoms with Gasteiger partial charge in [0, 0.05) is 12.1 Å². The maximum atomic E-state index is 12.8. The van der Waals surface area contributed by atoms with Crippen molar-refractivity contribution < 1.29 is 8.42 Å². The van der Waals surface area contributed by atoms with E-state index in [1.165, 1.54) is 19.3 Å². The third-order valence-electron chi connectivity index (χ3n) is 4.93. The molecular formula is C20H29N3O2S. The summed E-state index contributed by atoms with van der Waals surface area (Å²) in [4.78, 5) is 8.14. The van der Waals surface area contributed by atoms with Gasteiger partial charge < -0.3 is 4.98 Å². The number of aromatic nitrogens is 2. The van der Waals surface area contributed by atoms with E-state index in [0.717, 1.165) is 42.8 Å². The Hall–Kier alpha value is -1.66. The molecule has 1 aromatic heterocycles. The van der Waals surface area contributed by atoms with Gasteiger partial charge in [-0.25, -0.2) is 18.1 Å². The second kappa shape index (κ2) is 8.35. The molecule has 1 atom stereocenters. The van der Waals surface area contributed by atoms with E-state index in [0.29, 0.717) is 10.8 Å². The van der Waals surface area contributed by atoms with Crippen LogP contribution in [0.3, 0.4) is 0 Å². The fourth-order valence-electron chi connectivity index (χ4n) is 3.12. The van der Waals surface area contributed by atoms with E-state index in [1.807, 2.05) is 19.1 Å². The molecule has 0 unspecified atom stereocenters. The molecule has 2 aromatic rings. The van der Waals surface area contributed by atoms with E-state index >= 15 is 0 Å². The lowest BCUT2D eigenvalue weighted by atomic mass is 10.1. The molecule has 1 aliphatic carbocycles. The number of hydrogen-bond acceptors (Lipinski definition) is 3. The molecule has 5 nitrogen and oxygen atoms in total. The van der Waals surface area contributed by atoms with Crippen LogP contribution < -0.4 is 4.72 Å². The Morgan fingerprint density at radius 2 is 1.92 bits per heavy atom. The lowest BCUT2D eigenvalue weighted by Crippen LogP contribution is -2.29. The molecule has 1 saturated carbocycles. The maximum Gasteiger partial charge on any atom is 0.241 e. The van der Waals surface area contributed by atoms with Crippen molar-refractivity contribution >= 4 is 10.0 Å². The topological polar surface area (TPSA) is 74.8 Å². The minimum absolute atomic E-state index is 0.266. The molecule has 0 saturated heterocycles. The van der Waals surface area contributed by atoms with Crippen molar-refractivity contribution in [2.45, 2.75) is 75.6 Å². The first-order chi connectivity index (χ1) is 12.5. The standard InChI is InChI=1S/C20H29N3O2S/c1-3-4-5-6-7-18(19-14-21-20(22-19)16-10-11-16)23-26(24,25)17-12-8-15(2)9-13-17/h8-9,12-14,16,18,23H,3-7,10-11H2,1-2H3,(H,21,22)/t18-/m1/s1. The monoisotopic (exact) mass is 375 g/mol. The number of H-pyrrole nitrogens is 1. The van der Waals surface area contributed by atoms with Gasteiger partial charge in [-0.1, -0.05) is 50.3 Å². The van der Waals surface area contributed by atoms with Crippen molar-refractivity contribution in [3.63, 3.8) is 0 Å². The number of imidazole rings is 1. The van der Waals surface area contributed by atoms with Gasteiger partial charge >= 0.3 is 0 Å². The van der Waals surface area contributed by atoms with Gasteiger partial charge in [-0.05, 0) is 38.3 Å². The number of unbranched alkanes of at least 4 members (excludes halogenated alkanes) is 3. The molecule has 6 heteroatoms. The van der Waals surface area contributed by atoms with Crippen molar-refractivity contribution in [2.75, 3.05) is 0 Å². The van der Waals surface area contributed by atoms with E-state index in [1.54, 1.807) is 18.3 Å². The lowest BCUT2D eigenvalue weighted by molar-refractivity contribution is 0.506. The number of nitrogens with zero attached hydrogens (tertiary/aromatic N) is 1. The van der Waals surface area contributed by atoms with Crippen LogP contribution in [0.2, 0.25) is 0 Å². The zero-order valence-electron chi connectivity index (χ0n) is 15.7. The Morgan fingerprint density at radius 3 is 2.58 bits per heavy atom. The summed E-state index contributed by atoms with van der Waals surface area (Å²) < 4.78 is 28.5. The third-order valence-corrected chi connectivity index (χ3v) is 6.42. The summed E-state index contributed by atoms with van der Waals surface area (Å²) in [5.74, 6) is 1.52. The highest BCUT2D eigenvalue weighted by Crippen LogP contribution is 2.38. The Bertz CT molecular complexity index is 808. The smallest absolute Gasteiger partial charge is 0.241 e. The van der Waals surface area contributed by atoms with Crippen LogP contribution >= 0.6 is 0 Å². The molecule has 26 heavy (non-hydrogen) atoms. The number of hydrogen-bond donors (Lipinski definition) is 2. The van der Waals surface area contributed by atoms with Crippen LogP contribution in [0, 0.1) is 6.92 Å². The summed E-state index contributed by atoms with van der Waals surface area (Å²) >= 11 is 0. The molecule has 1 fully saturated rings. The number of nitrogens with one attached hydrogen (secondary N) is 2. The van der Waals surface area contributed by atoms with E-state index in [2.05, 4.69) is 21.6 Å². The highest BCUT2D eigenvalue weighted by Gasteiger charge is 2.28. The molecule has 0 aliphatic heterocycles. The Kier molecular flexibility index (Phi) is 6.14. The average molecular weight is 376 g/mol. The number of sulfonamides is 1.